The molecule has 7 heteroatoms. The van der Waals surface area contributed by atoms with Crippen LogP contribution < -0.4 is 9.47 Å². The van der Waals surface area contributed by atoms with Crippen LogP contribution in [0.4, 0.5) is 0 Å². The van der Waals surface area contributed by atoms with Gasteiger partial charge in [-0.15, -0.1) is 0 Å². The number of rotatable bonds is 7. The van der Waals surface area contributed by atoms with E-state index in [4.69, 9.17) is 9.47 Å². The molecule has 0 unspecified atom stereocenters. The Morgan fingerprint density at radius 1 is 1.00 bits per heavy atom. The smallest absolute Gasteiger partial charge is 0.212 e. The Bertz CT molecular complexity index is 1010. The summed E-state index contributed by atoms with van der Waals surface area (Å²) >= 11 is 0. The summed E-state index contributed by atoms with van der Waals surface area (Å²) in [5, 5.41) is 0.596. The fourth-order valence-electron chi connectivity index (χ4n) is 2.74. The Kier molecular flexibility index (Phi) is 5.20. The van der Waals surface area contributed by atoms with E-state index in [2.05, 4.69) is 4.98 Å². The lowest BCUT2D eigenvalue weighted by Gasteiger charge is -2.12. The van der Waals surface area contributed by atoms with Crippen LogP contribution in [-0.2, 0) is 9.84 Å². The first-order chi connectivity index (χ1) is 12.4. The summed E-state index contributed by atoms with van der Waals surface area (Å²) < 4.78 is 37.3. The molecule has 1 N–H and O–H groups in total. The SMILES string of the molecule is COc1ccccc1S(=O)(=O)c1c[nH]c2c(OCCN(C)C)cccc12. The third kappa shape index (κ3) is 3.40. The summed E-state index contributed by atoms with van der Waals surface area (Å²) in [7, 11) is 1.66. The van der Waals surface area contributed by atoms with Gasteiger partial charge in [0.15, 0.2) is 0 Å². The maximum Gasteiger partial charge on any atom is 0.212 e. The van der Waals surface area contributed by atoms with Gasteiger partial charge in [0.25, 0.3) is 0 Å². The maximum absolute atomic E-state index is 13.2. The van der Waals surface area contributed by atoms with E-state index in [-0.39, 0.29) is 9.79 Å². The number of fused-ring (bicyclic) bond motifs is 1. The van der Waals surface area contributed by atoms with Crippen LogP contribution >= 0.6 is 0 Å². The van der Waals surface area contributed by atoms with Gasteiger partial charge in [0.2, 0.25) is 9.84 Å². The third-order valence-electron chi connectivity index (χ3n) is 4.08. The van der Waals surface area contributed by atoms with Crippen molar-refractivity contribution in [1.82, 2.24) is 9.88 Å². The van der Waals surface area contributed by atoms with E-state index in [1.54, 1.807) is 36.4 Å². The standard InChI is InChI=1S/C19H22N2O4S/c1-21(2)11-12-25-16-9-6-7-14-18(13-20-19(14)16)26(22,23)17-10-5-4-8-15(17)24-3/h4-10,13,20H,11-12H2,1-3H3. The molecule has 0 fully saturated rings. The first kappa shape index (κ1) is 18.3. The molecule has 0 radical (unpaired) electrons. The van der Waals surface area contributed by atoms with Gasteiger partial charge in [-0.1, -0.05) is 24.3 Å². The molecular weight excluding hydrogens is 352 g/mol. The van der Waals surface area contributed by atoms with Crippen LogP contribution in [0.25, 0.3) is 10.9 Å². The van der Waals surface area contributed by atoms with Gasteiger partial charge < -0.3 is 19.4 Å². The summed E-state index contributed by atoms with van der Waals surface area (Å²) in [6.07, 6.45) is 1.51. The van der Waals surface area contributed by atoms with Crippen LogP contribution in [0.3, 0.4) is 0 Å². The zero-order chi connectivity index (χ0) is 18.7. The lowest BCUT2D eigenvalue weighted by atomic mass is 10.2. The Morgan fingerprint density at radius 3 is 2.46 bits per heavy atom. The number of hydrogen-bond donors (Lipinski definition) is 1. The summed E-state index contributed by atoms with van der Waals surface area (Å²) in [6.45, 7) is 1.28. The fraction of sp³-hybridized carbons (Fsp3) is 0.263. The van der Waals surface area contributed by atoms with E-state index < -0.39 is 9.84 Å². The first-order valence-corrected chi connectivity index (χ1v) is 9.69. The highest BCUT2D eigenvalue weighted by Gasteiger charge is 2.25. The van der Waals surface area contributed by atoms with E-state index in [1.807, 2.05) is 25.1 Å². The Hall–Kier alpha value is -2.51. The second kappa shape index (κ2) is 7.39. The van der Waals surface area contributed by atoms with Crippen molar-refractivity contribution in [3.05, 3.63) is 48.7 Å². The van der Waals surface area contributed by atoms with E-state index in [1.165, 1.54) is 13.3 Å². The molecule has 3 rings (SSSR count). The molecular formula is C19H22N2O4S. The molecule has 0 aliphatic carbocycles. The summed E-state index contributed by atoms with van der Waals surface area (Å²) in [5.74, 6) is 0.950. The zero-order valence-corrected chi connectivity index (χ0v) is 15.8. The van der Waals surface area contributed by atoms with Gasteiger partial charge in [-0.3, -0.25) is 0 Å². The van der Waals surface area contributed by atoms with Crippen LogP contribution in [0.15, 0.2) is 58.5 Å². The van der Waals surface area contributed by atoms with E-state index in [0.717, 1.165) is 6.54 Å². The lowest BCUT2D eigenvalue weighted by Crippen LogP contribution is -2.19. The molecule has 0 bridgehead atoms. The predicted octanol–water partition coefficient (Wildman–Crippen LogP) is 2.95. The molecule has 0 amide bonds. The van der Waals surface area contributed by atoms with Crippen molar-refractivity contribution < 1.29 is 17.9 Å². The van der Waals surface area contributed by atoms with Crippen LogP contribution in [0.2, 0.25) is 0 Å². The first-order valence-electron chi connectivity index (χ1n) is 8.21. The van der Waals surface area contributed by atoms with Crippen LogP contribution in [0.1, 0.15) is 0 Å². The number of hydrogen-bond acceptors (Lipinski definition) is 5. The minimum Gasteiger partial charge on any atom is -0.495 e. The minimum absolute atomic E-state index is 0.141. The van der Waals surface area contributed by atoms with Crippen LogP contribution in [0.5, 0.6) is 11.5 Å². The van der Waals surface area contributed by atoms with Gasteiger partial charge in [0.05, 0.1) is 17.5 Å². The van der Waals surface area contributed by atoms with Gasteiger partial charge >= 0.3 is 0 Å². The molecule has 0 aliphatic rings. The molecule has 2 aromatic carbocycles. The molecule has 1 aromatic heterocycles. The topological polar surface area (TPSA) is 71.6 Å². The molecule has 138 valence electrons. The van der Waals surface area contributed by atoms with Crippen molar-refractivity contribution in [2.45, 2.75) is 9.79 Å². The average molecular weight is 374 g/mol. The highest BCUT2D eigenvalue weighted by Crippen LogP contribution is 2.35. The van der Waals surface area contributed by atoms with Crippen molar-refractivity contribution in [3.63, 3.8) is 0 Å². The number of aromatic amines is 1. The van der Waals surface area contributed by atoms with Crippen LogP contribution in [-0.4, -0.2) is 52.7 Å². The molecule has 0 saturated carbocycles. The average Bonchev–Trinajstić information content (AvgIpc) is 3.07. The molecule has 0 aliphatic heterocycles. The van der Waals surface area contributed by atoms with Crippen molar-refractivity contribution in [3.8, 4) is 11.5 Å². The number of methoxy groups -OCH3 is 1. The Morgan fingerprint density at radius 2 is 1.73 bits per heavy atom. The molecule has 6 nitrogen and oxygen atoms in total. The van der Waals surface area contributed by atoms with Gasteiger partial charge in [-0.05, 0) is 32.3 Å². The second-order valence-electron chi connectivity index (χ2n) is 6.14. The van der Waals surface area contributed by atoms with Crippen molar-refractivity contribution >= 4 is 20.7 Å². The molecule has 3 aromatic rings. The summed E-state index contributed by atoms with van der Waals surface area (Å²) in [6, 6.07) is 12.0. The summed E-state index contributed by atoms with van der Waals surface area (Å²) in [5.41, 5.74) is 0.666. The van der Waals surface area contributed by atoms with Crippen LogP contribution in [0, 0.1) is 0 Å². The second-order valence-corrected chi connectivity index (χ2v) is 8.02. The van der Waals surface area contributed by atoms with Crippen molar-refractivity contribution in [2.24, 2.45) is 0 Å². The van der Waals surface area contributed by atoms with Gasteiger partial charge in [-0.25, -0.2) is 8.42 Å². The monoisotopic (exact) mass is 374 g/mol. The van der Waals surface area contributed by atoms with E-state index in [0.29, 0.717) is 29.0 Å². The molecule has 0 atom stereocenters. The third-order valence-corrected chi connectivity index (χ3v) is 5.92. The highest BCUT2D eigenvalue weighted by molar-refractivity contribution is 7.91. The number of nitrogens with zero attached hydrogens (tertiary/aromatic N) is 1. The zero-order valence-electron chi connectivity index (χ0n) is 15.0. The van der Waals surface area contributed by atoms with E-state index in [9.17, 15) is 8.42 Å². The number of benzene rings is 2. The number of ether oxygens (including phenoxy) is 2. The summed E-state index contributed by atoms with van der Waals surface area (Å²) in [4.78, 5) is 5.41. The molecule has 0 spiro atoms. The van der Waals surface area contributed by atoms with E-state index >= 15 is 0 Å². The number of H-pyrrole nitrogens is 1. The fourth-order valence-corrected chi connectivity index (χ4v) is 4.33. The van der Waals surface area contributed by atoms with Gasteiger partial charge in [-0.2, -0.15) is 0 Å². The number of likely N-dealkylation sites (N-methyl/N-ethyl adjacent to an activating group) is 1. The van der Waals surface area contributed by atoms with Crippen molar-refractivity contribution in [2.75, 3.05) is 34.4 Å². The van der Waals surface area contributed by atoms with Gasteiger partial charge in [0, 0.05) is 18.1 Å². The predicted molar refractivity (Wildman–Crippen MR) is 101 cm³/mol. The van der Waals surface area contributed by atoms with Gasteiger partial charge in [0.1, 0.15) is 23.0 Å². The van der Waals surface area contributed by atoms with Crippen molar-refractivity contribution in [1.29, 1.82) is 0 Å². The normalized spacial score (nSPS) is 11.8. The number of aromatic nitrogens is 1. The molecule has 1 heterocycles. The maximum atomic E-state index is 13.2. The number of nitrogens with one attached hydrogen (secondary N) is 1. The number of sulfone groups is 1. The molecule has 0 saturated heterocycles. The largest absolute Gasteiger partial charge is 0.495 e. The lowest BCUT2D eigenvalue weighted by molar-refractivity contribution is 0.263. The minimum atomic E-state index is -3.74. The highest BCUT2D eigenvalue weighted by atomic mass is 32.2. The quantitative estimate of drug-likeness (QED) is 0.688. The molecule has 26 heavy (non-hydrogen) atoms. The Balaban J connectivity index is 2.04. The number of para-hydroxylation sites is 2. The Labute approximate surface area is 153 Å².